The van der Waals surface area contributed by atoms with Crippen LogP contribution in [0.5, 0.6) is 5.75 Å². The molecule has 1 heterocycles. The van der Waals surface area contributed by atoms with E-state index in [-0.39, 0.29) is 4.90 Å². The van der Waals surface area contributed by atoms with Gasteiger partial charge in [-0.15, -0.1) is 0 Å². The highest BCUT2D eigenvalue weighted by Gasteiger charge is 2.44. The van der Waals surface area contributed by atoms with Crippen molar-refractivity contribution in [1.29, 1.82) is 0 Å². The van der Waals surface area contributed by atoms with Gasteiger partial charge >= 0.3 is 0 Å². The average Bonchev–Trinajstić information content (AvgIpc) is 2.65. The molecule has 0 unspecified atom stereocenters. The monoisotopic (exact) mass is 386 g/mol. The highest BCUT2D eigenvalue weighted by molar-refractivity contribution is 7.89. The van der Waals surface area contributed by atoms with Crippen molar-refractivity contribution in [3.05, 3.63) is 65.0 Å². The first-order valence-electron chi connectivity index (χ1n) is 8.67. The Morgan fingerprint density at radius 2 is 1.89 bits per heavy atom. The maximum atomic E-state index is 12.9. The van der Waals surface area contributed by atoms with Gasteiger partial charge in [-0.3, -0.25) is 0 Å². The van der Waals surface area contributed by atoms with Crippen molar-refractivity contribution in [2.24, 2.45) is 0 Å². The number of nitrogens with one attached hydrogen (secondary N) is 1. The lowest BCUT2D eigenvalue weighted by Gasteiger charge is -2.42. The van der Waals surface area contributed by atoms with Gasteiger partial charge in [0, 0.05) is 5.56 Å². The summed E-state index contributed by atoms with van der Waals surface area (Å²) in [5.41, 5.74) is 0.837. The maximum absolute atomic E-state index is 12.9. The molecular weight excluding hydrogens is 364 g/mol. The van der Waals surface area contributed by atoms with Crippen molar-refractivity contribution in [1.82, 2.24) is 4.72 Å². The summed E-state index contributed by atoms with van der Waals surface area (Å²) in [5, 5.41) is 10.8. The van der Waals surface area contributed by atoms with Gasteiger partial charge in [0.2, 0.25) is 10.0 Å². The molecule has 0 aliphatic carbocycles. The largest absolute Gasteiger partial charge is 0.485 e. The Morgan fingerprint density at radius 3 is 2.48 bits per heavy atom. The number of fused-ring (bicyclic) bond motifs is 1. The number of sulfonamides is 1. The van der Waals surface area contributed by atoms with Crippen molar-refractivity contribution >= 4 is 15.7 Å². The van der Waals surface area contributed by atoms with Crippen LogP contribution in [0.2, 0.25) is 0 Å². The van der Waals surface area contributed by atoms with Crippen molar-refractivity contribution < 1.29 is 18.3 Å². The molecule has 0 saturated heterocycles. The number of aliphatic hydroxyl groups is 1. The molecule has 2 aromatic carbocycles. The maximum Gasteiger partial charge on any atom is 0.241 e. The average molecular weight is 386 g/mol. The zero-order valence-electron chi connectivity index (χ0n) is 15.4. The van der Waals surface area contributed by atoms with Crippen LogP contribution in [0.4, 0.5) is 5.69 Å². The standard InChI is InChI=1S/C20H22N2O4S/c1-5-13-6-9-15(10-7-13)27(24,25)22-18-16-12-14(21-4)8-11-17(16)26-20(2,3)19(18)23/h6-12,18-19,22-23H,5H2,1-3H3/t18-,19-/m1/s1. The number of nitrogens with zero attached hydrogens (tertiary/aromatic N) is 1. The number of hydrogen-bond acceptors (Lipinski definition) is 4. The second-order valence-corrected chi connectivity index (χ2v) is 8.79. The van der Waals surface area contributed by atoms with Crippen LogP contribution in [-0.4, -0.2) is 25.2 Å². The van der Waals surface area contributed by atoms with Gasteiger partial charge in [0.15, 0.2) is 5.69 Å². The van der Waals surface area contributed by atoms with Gasteiger partial charge in [-0.25, -0.2) is 18.0 Å². The molecule has 2 aromatic rings. The van der Waals surface area contributed by atoms with Gasteiger partial charge in [0.25, 0.3) is 0 Å². The zero-order chi connectivity index (χ0) is 19.8. The summed E-state index contributed by atoms with van der Waals surface area (Å²) in [5.74, 6) is 0.451. The topological polar surface area (TPSA) is 80.0 Å². The van der Waals surface area contributed by atoms with Gasteiger partial charge in [-0.05, 0) is 50.1 Å². The lowest BCUT2D eigenvalue weighted by atomic mass is 9.87. The Kier molecular flexibility index (Phi) is 5.00. The molecule has 2 atom stereocenters. The van der Waals surface area contributed by atoms with Gasteiger partial charge in [0.1, 0.15) is 17.5 Å². The van der Waals surface area contributed by atoms with E-state index in [0.29, 0.717) is 17.0 Å². The summed E-state index contributed by atoms with van der Waals surface area (Å²) in [6.07, 6.45) is -0.316. The van der Waals surface area contributed by atoms with Crippen LogP contribution in [-0.2, 0) is 16.4 Å². The fourth-order valence-corrected chi connectivity index (χ4v) is 4.34. The molecule has 142 valence electrons. The molecular formula is C20H22N2O4S. The minimum Gasteiger partial charge on any atom is -0.485 e. The molecule has 1 aliphatic heterocycles. The van der Waals surface area contributed by atoms with E-state index in [1.165, 1.54) is 0 Å². The lowest BCUT2D eigenvalue weighted by molar-refractivity contribution is -0.0602. The third-order valence-corrected chi connectivity index (χ3v) is 6.24. The summed E-state index contributed by atoms with van der Waals surface area (Å²) in [7, 11) is -3.87. The van der Waals surface area contributed by atoms with E-state index in [4.69, 9.17) is 11.3 Å². The number of rotatable bonds is 4. The summed E-state index contributed by atoms with van der Waals surface area (Å²) in [6.45, 7) is 12.6. The third-order valence-electron chi connectivity index (χ3n) is 4.78. The second-order valence-electron chi connectivity index (χ2n) is 7.08. The van der Waals surface area contributed by atoms with E-state index in [9.17, 15) is 13.5 Å². The predicted molar refractivity (Wildman–Crippen MR) is 102 cm³/mol. The molecule has 0 spiro atoms. The molecule has 0 radical (unpaired) electrons. The summed E-state index contributed by atoms with van der Waals surface area (Å²) in [4.78, 5) is 3.51. The molecule has 3 rings (SSSR count). The first-order chi connectivity index (χ1) is 12.7. The minimum atomic E-state index is -3.87. The van der Waals surface area contributed by atoms with Gasteiger partial charge < -0.3 is 9.84 Å². The predicted octanol–water partition coefficient (Wildman–Crippen LogP) is 3.35. The van der Waals surface area contributed by atoms with Crippen LogP contribution >= 0.6 is 0 Å². The van der Waals surface area contributed by atoms with Crippen molar-refractivity contribution in [3.8, 4) is 5.75 Å². The smallest absolute Gasteiger partial charge is 0.241 e. The molecule has 0 fully saturated rings. The fraction of sp³-hybridized carbons (Fsp3) is 0.350. The van der Waals surface area contributed by atoms with E-state index in [0.717, 1.165) is 12.0 Å². The summed E-state index contributed by atoms with van der Waals surface area (Å²) < 4.78 is 34.2. The van der Waals surface area contributed by atoms with Crippen LogP contribution in [0.1, 0.15) is 37.9 Å². The van der Waals surface area contributed by atoms with Crippen LogP contribution < -0.4 is 9.46 Å². The van der Waals surface area contributed by atoms with Crippen molar-refractivity contribution in [2.45, 2.75) is 49.8 Å². The van der Waals surface area contributed by atoms with Gasteiger partial charge in [-0.1, -0.05) is 25.1 Å². The van der Waals surface area contributed by atoms with E-state index >= 15 is 0 Å². The van der Waals surface area contributed by atoms with Crippen molar-refractivity contribution in [3.63, 3.8) is 0 Å². The molecule has 2 N–H and O–H groups in total. The zero-order valence-corrected chi connectivity index (χ0v) is 16.2. The lowest BCUT2D eigenvalue weighted by Crippen LogP contribution is -2.53. The molecule has 1 aliphatic rings. The van der Waals surface area contributed by atoms with Crippen LogP contribution in [0, 0.1) is 6.57 Å². The van der Waals surface area contributed by atoms with Crippen LogP contribution in [0.3, 0.4) is 0 Å². The molecule has 0 saturated carbocycles. The fourth-order valence-electron chi connectivity index (χ4n) is 3.12. The Hall–Kier alpha value is -2.40. The van der Waals surface area contributed by atoms with E-state index in [2.05, 4.69) is 9.57 Å². The molecule has 0 aromatic heterocycles. The summed E-state index contributed by atoms with van der Waals surface area (Å²) >= 11 is 0. The Labute approximate surface area is 159 Å². The first-order valence-corrected chi connectivity index (χ1v) is 10.2. The van der Waals surface area contributed by atoms with Crippen LogP contribution in [0.25, 0.3) is 4.85 Å². The molecule has 0 bridgehead atoms. The van der Waals surface area contributed by atoms with Gasteiger partial charge in [0.05, 0.1) is 17.5 Å². The SMILES string of the molecule is [C-]#[N+]c1ccc2c(c1)[C@@H](NS(=O)(=O)c1ccc(CC)cc1)[C@@H](O)C(C)(C)O2. The second kappa shape index (κ2) is 6.97. The van der Waals surface area contributed by atoms with E-state index in [1.807, 2.05) is 6.92 Å². The van der Waals surface area contributed by atoms with E-state index < -0.39 is 27.8 Å². The van der Waals surface area contributed by atoms with Crippen molar-refractivity contribution in [2.75, 3.05) is 0 Å². The Bertz CT molecular complexity index is 992. The normalized spacial score (nSPS) is 21.0. The highest BCUT2D eigenvalue weighted by atomic mass is 32.2. The molecule has 27 heavy (non-hydrogen) atoms. The number of ether oxygens (including phenoxy) is 1. The van der Waals surface area contributed by atoms with Crippen LogP contribution in [0.15, 0.2) is 47.4 Å². The molecule has 0 amide bonds. The number of aryl methyl sites for hydroxylation is 1. The first kappa shape index (κ1) is 19.4. The van der Waals surface area contributed by atoms with Gasteiger partial charge in [-0.2, -0.15) is 0 Å². The quantitative estimate of drug-likeness (QED) is 0.790. The molecule has 6 nitrogen and oxygen atoms in total. The number of aliphatic hydroxyl groups excluding tert-OH is 1. The Balaban J connectivity index is 2.02. The number of hydrogen-bond donors (Lipinski definition) is 2. The summed E-state index contributed by atoms with van der Waals surface area (Å²) in [6, 6.07) is 10.5. The third kappa shape index (κ3) is 3.69. The molecule has 7 heteroatoms. The minimum absolute atomic E-state index is 0.124. The van der Waals surface area contributed by atoms with E-state index in [1.54, 1.807) is 56.3 Å². The highest BCUT2D eigenvalue weighted by Crippen LogP contribution is 2.42. The number of benzene rings is 2. The Morgan fingerprint density at radius 1 is 1.22 bits per heavy atom.